The number of hydrogen-bond acceptors (Lipinski definition) is 5. The fourth-order valence-electron chi connectivity index (χ4n) is 5.30. The Hall–Kier alpha value is -4.58. The number of benzene rings is 3. The first-order chi connectivity index (χ1) is 21.9. The number of anilines is 1. The van der Waals surface area contributed by atoms with Gasteiger partial charge >= 0.3 is 12.4 Å². The minimum absolute atomic E-state index is 0.313. The maximum atomic E-state index is 13.1. The summed E-state index contributed by atoms with van der Waals surface area (Å²) in [6.07, 6.45) is -2.26. The predicted molar refractivity (Wildman–Crippen MR) is 177 cm³/mol. The second-order valence-corrected chi connectivity index (χ2v) is 12.3. The van der Waals surface area contributed by atoms with Crippen LogP contribution in [0.2, 0.25) is 0 Å². The zero-order valence-corrected chi connectivity index (χ0v) is 27.0. The van der Waals surface area contributed by atoms with Gasteiger partial charge in [-0.3, -0.25) is 0 Å². The summed E-state index contributed by atoms with van der Waals surface area (Å²) < 4.78 is 42.7. The first-order valence-corrected chi connectivity index (χ1v) is 15.8. The molecule has 0 atom stereocenters. The third-order valence-electron chi connectivity index (χ3n) is 7.61. The number of halogens is 3. The van der Waals surface area contributed by atoms with Crippen LogP contribution in [0.3, 0.4) is 0 Å². The van der Waals surface area contributed by atoms with Gasteiger partial charge in [-0.15, -0.1) is 18.3 Å². The zero-order valence-electron chi connectivity index (χ0n) is 26.2. The van der Waals surface area contributed by atoms with Gasteiger partial charge in [-0.2, -0.15) is 4.99 Å². The molecular formula is C34H35F3N6O2S. The molecule has 1 aliphatic rings. The fourth-order valence-corrected chi connectivity index (χ4v) is 6.25. The van der Waals surface area contributed by atoms with Gasteiger partial charge in [0.05, 0.1) is 5.69 Å². The van der Waals surface area contributed by atoms with Crippen LogP contribution in [0, 0.1) is 6.92 Å². The number of carbonyl (C=O) groups excluding carboxylic acids is 1. The normalized spacial score (nSPS) is 15.2. The van der Waals surface area contributed by atoms with Crippen LogP contribution in [-0.4, -0.2) is 44.6 Å². The summed E-state index contributed by atoms with van der Waals surface area (Å²) in [6.45, 7) is 11.1. The molecule has 1 saturated heterocycles. The van der Waals surface area contributed by atoms with Crippen LogP contribution < -0.4 is 15.0 Å². The Kier molecular flexibility index (Phi) is 9.85. The maximum Gasteiger partial charge on any atom is 0.573 e. The summed E-state index contributed by atoms with van der Waals surface area (Å²) in [5, 5.41) is 8.10. The number of rotatable bonds is 7. The third-order valence-corrected chi connectivity index (χ3v) is 8.68. The number of nitrogens with zero attached hydrogens (tertiary/aromatic N) is 5. The van der Waals surface area contributed by atoms with E-state index in [9.17, 15) is 18.0 Å². The van der Waals surface area contributed by atoms with E-state index in [0.717, 1.165) is 41.1 Å². The van der Waals surface area contributed by atoms with E-state index in [1.165, 1.54) is 46.4 Å². The number of amides is 2. The molecule has 0 spiro atoms. The SMILES string of the molecule is C/C(NC(=O)/N=C1\SCCCN1c1cccc(C)c1C(C)C)=C(/C)c1ccc(-c2ncn(-c3ccc(OC(F)(F)F)cc3)n2)cc1. The molecule has 1 aromatic heterocycles. The summed E-state index contributed by atoms with van der Waals surface area (Å²) in [5.41, 5.74) is 7.36. The largest absolute Gasteiger partial charge is 0.573 e. The van der Waals surface area contributed by atoms with Gasteiger partial charge in [0.15, 0.2) is 11.0 Å². The molecule has 46 heavy (non-hydrogen) atoms. The predicted octanol–water partition coefficient (Wildman–Crippen LogP) is 8.72. The van der Waals surface area contributed by atoms with Crippen LogP contribution in [0.1, 0.15) is 56.7 Å². The molecule has 0 unspecified atom stereocenters. The summed E-state index contributed by atoms with van der Waals surface area (Å²) in [6, 6.07) is 18.8. The van der Waals surface area contributed by atoms with Crippen molar-refractivity contribution < 1.29 is 22.7 Å². The minimum Gasteiger partial charge on any atom is -0.406 e. The van der Waals surface area contributed by atoms with Gasteiger partial charge in [0.2, 0.25) is 0 Å². The van der Waals surface area contributed by atoms with Crippen LogP contribution in [0.5, 0.6) is 5.75 Å². The average Bonchev–Trinajstić information content (AvgIpc) is 3.51. The number of nitrogens with one attached hydrogen (secondary N) is 1. The van der Waals surface area contributed by atoms with Crippen molar-refractivity contribution in [3.05, 3.63) is 95.4 Å². The van der Waals surface area contributed by atoms with E-state index < -0.39 is 12.4 Å². The lowest BCUT2D eigenvalue weighted by molar-refractivity contribution is -0.274. The first kappa shape index (κ1) is 32.8. The number of urea groups is 1. The van der Waals surface area contributed by atoms with Crippen molar-refractivity contribution in [3.63, 3.8) is 0 Å². The lowest BCUT2D eigenvalue weighted by atomic mass is 9.95. The molecule has 1 fully saturated rings. The van der Waals surface area contributed by atoms with Crippen molar-refractivity contribution in [1.29, 1.82) is 0 Å². The molecule has 3 aromatic carbocycles. The molecule has 12 heteroatoms. The molecule has 0 saturated carbocycles. The molecule has 4 aromatic rings. The Balaban J connectivity index is 1.28. The Morgan fingerprint density at radius 2 is 1.76 bits per heavy atom. The summed E-state index contributed by atoms with van der Waals surface area (Å²) >= 11 is 1.59. The number of ether oxygens (including phenoxy) is 1. The number of aromatic nitrogens is 3. The van der Waals surface area contributed by atoms with E-state index in [2.05, 4.69) is 69.0 Å². The van der Waals surface area contributed by atoms with Crippen LogP contribution in [0.25, 0.3) is 22.6 Å². The summed E-state index contributed by atoms with van der Waals surface area (Å²) in [4.78, 5) is 24.1. The first-order valence-electron chi connectivity index (χ1n) is 14.9. The lowest BCUT2D eigenvalue weighted by Crippen LogP contribution is -2.36. The second kappa shape index (κ2) is 13.8. The summed E-state index contributed by atoms with van der Waals surface area (Å²) in [7, 11) is 0. The number of hydrogen-bond donors (Lipinski definition) is 1. The number of aryl methyl sites for hydroxylation is 1. The Bertz CT molecular complexity index is 1760. The second-order valence-electron chi connectivity index (χ2n) is 11.2. The third kappa shape index (κ3) is 7.79. The molecule has 1 N–H and O–H groups in total. The van der Waals surface area contributed by atoms with Gasteiger partial charge in [-0.05, 0) is 85.7 Å². The van der Waals surface area contributed by atoms with E-state index in [0.29, 0.717) is 28.3 Å². The standard InChI is InChI=1S/C34H35F3N6O2S/c1-21(2)30-22(3)8-6-9-29(30)42-18-7-19-46-33(42)40-32(44)39-24(5)23(4)25-10-12-26(13-11-25)31-38-20-43(41-31)27-14-16-28(17-15-27)45-34(35,36)37/h6,8-17,20-21H,7,18-19H2,1-5H3,(H,39,44)/b24-23+,40-33-. The zero-order chi connectivity index (χ0) is 33.0. The molecule has 2 amide bonds. The van der Waals surface area contributed by atoms with Crippen molar-refractivity contribution >= 4 is 34.2 Å². The van der Waals surface area contributed by atoms with Crippen molar-refractivity contribution in [2.75, 3.05) is 17.2 Å². The van der Waals surface area contributed by atoms with E-state index >= 15 is 0 Å². The number of allylic oxidation sites excluding steroid dienone is 2. The van der Waals surface area contributed by atoms with Crippen LogP contribution >= 0.6 is 11.8 Å². The maximum absolute atomic E-state index is 13.1. The molecule has 0 bridgehead atoms. The molecule has 1 aliphatic heterocycles. The number of carbonyl (C=O) groups is 1. The van der Waals surface area contributed by atoms with Crippen LogP contribution in [-0.2, 0) is 0 Å². The summed E-state index contributed by atoms with van der Waals surface area (Å²) in [5.74, 6) is 1.38. The van der Waals surface area contributed by atoms with Crippen LogP contribution in [0.15, 0.2) is 83.7 Å². The van der Waals surface area contributed by atoms with E-state index in [1.807, 2.05) is 38.1 Å². The van der Waals surface area contributed by atoms with Crippen molar-refractivity contribution in [2.45, 2.75) is 53.3 Å². The Morgan fingerprint density at radius 1 is 1.04 bits per heavy atom. The molecule has 8 nitrogen and oxygen atoms in total. The number of thioether (sulfide) groups is 1. The average molecular weight is 649 g/mol. The number of aliphatic imine (C=N–C) groups is 1. The number of amidine groups is 1. The minimum atomic E-state index is -4.75. The van der Waals surface area contributed by atoms with Gasteiger partial charge in [-0.25, -0.2) is 14.5 Å². The molecule has 0 aliphatic carbocycles. The molecule has 5 rings (SSSR count). The smallest absolute Gasteiger partial charge is 0.406 e. The highest BCUT2D eigenvalue weighted by Crippen LogP contribution is 2.34. The topological polar surface area (TPSA) is 84.6 Å². The van der Waals surface area contributed by atoms with Crippen LogP contribution in [0.4, 0.5) is 23.7 Å². The Labute approximate surface area is 270 Å². The highest BCUT2D eigenvalue weighted by Gasteiger charge is 2.31. The lowest BCUT2D eigenvalue weighted by Gasteiger charge is -2.32. The van der Waals surface area contributed by atoms with Gasteiger partial charge in [-0.1, -0.05) is 62.0 Å². The van der Waals surface area contributed by atoms with Crippen molar-refractivity contribution in [2.24, 2.45) is 4.99 Å². The molecular weight excluding hydrogens is 613 g/mol. The highest BCUT2D eigenvalue weighted by atomic mass is 32.2. The Morgan fingerprint density at radius 3 is 2.43 bits per heavy atom. The quantitative estimate of drug-likeness (QED) is 0.216. The van der Waals surface area contributed by atoms with E-state index in [1.54, 1.807) is 11.8 Å². The van der Waals surface area contributed by atoms with Crippen molar-refractivity contribution in [1.82, 2.24) is 20.1 Å². The van der Waals surface area contributed by atoms with E-state index in [4.69, 9.17) is 0 Å². The number of alkyl halides is 3. The van der Waals surface area contributed by atoms with Crippen molar-refractivity contribution in [3.8, 4) is 22.8 Å². The molecule has 2 heterocycles. The molecule has 240 valence electrons. The van der Waals surface area contributed by atoms with Gasteiger partial charge in [0, 0.05) is 29.2 Å². The monoisotopic (exact) mass is 648 g/mol. The molecule has 0 radical (unpaired) electrons. The van der Waals surface area contributed by atoms with E-state index in [-0.39, 0.29) is 5.75 Å². The fraction of sp³-hybridized carbons (Fsp3) is 0.294. The highest BCUT2D eigenvalue weighted by molar-refractivity contribution is 8.14. The van der Waals surface area contributed by atoms with Gasteiger partial charge < -0.3 is 15.0 Å². The van der Waals surface area contributed by atoms with Gasteiger partial charge in [0.25, 0.3) is 0 Å². The van der Waals surface area contributed by atoms with Gasteiger partial charge in [0.1, 0.15) is 12.1 Å².